The molecule has 1 heterocycles. The highest BCUT2D eigenvalue weighted by atomic mass is 32.2. The van der Waals surface area contributed by atoms with Crippen molar-refractivity contribution in [3.63, 3.8) is 0 Å². The molecule has 3 rings (SSSR count). The van der Waals surface area contributed by atoms with Crippen molar-refractivity contribution < 1.29 is 13.2 Å². The van der Waals surface area contributed by atoms with Crippen molar-refractivity contribution in [2.45, 2.75) is 43.9 Å². The maximum absolute atomic E-state index is 12.7. The van der Waals surface area contributed by atoms with E-state index in [-0.39, 0.29) is 11.8 Å². The van der Waals surface area contributed by atoms with E-state index in [1.165, 1.54) is 0 Å². The molecule has 0 aromatic heterocycles. The summed E-state index contributed by atoms with van der Waals surface area (Å²) in [7, 11) is -3.43. The van der Waals surface area contributed by atoms with Gasteiger partial charge in [-0.25, -0.2) is 8.42 Å². The number of anilines is 1. The van der Waals surface area contributed by atoms with Gasteiger partial charge in [-0.05, 0) is 55.9 Å². The van der Waals surface area contributed by atoms with Crippen LogP contribution >= 0.6 is 0 Å². The van der Waals surface area contributed by atoms with Gasteiger partial charge in [-0.2, -0.15) is 4.31 Å². The van der Waals surface area contributed by atoms with Gasteiger partial charge >= 0.3 is 0 Å². The van der Waals surface area contributed by atoms with E-state index in [1.54, 1.807) is 28.6 Å². The van der Waals surface area contributed by atoms with Crippen LogP contribution < -0.4 is 5.32 Å². The van der Waals surface area contributed by atoms with Crippen LogP contribution in [-0.2, 0) is 14.8 Å². The van der Waals surface area contributed by atoms with Gasteiger partial charge in [0.2, 0.25) is 15.9 Å². The van der Waals surface area contributed by atoms with Gasteiger partial charge in [-0.3, -0.25) is 4.79 Å². The molecule has 23 heavy (non-hydrogen) atoms. The van der Waals surface area contributed by atoms with Gasteiger partial charge in [0.25, 0.3) is 0 Å². The lowest BCUT2D eigenvalue weighted by Crippen LogP contribution is -2.39. The molecule has 0 bridgehead atoms. The number of hydrogen-bond donors (Lipinski definition) is 1. The Kier molecular flexibility index (Phi) is 4.73. The summed E-state index contributed by atoms with van der Waals surface area (Å²) in [5.74, 6) is 0.560. The lowest BCUT2D eigenvalue weighted by atomic mass is 9.85. The molecule has 6 heteroatoms. The van der Waals surface area contributed by atoms with E-state index in [0.29, 0.717) is 29.6 Å². The zero-order valence-corrected chi connectivity index (χ0v) is 14.3. The number of rotatable bonds is 4. The Hall–Kier alpha value is -1.40. The largest absolute Gasteiger partial charge is 0.326 e. The normalized spacial score (nSPS) is 23.3. The summed E-state index contributed by atoms with van der Waals surface area (Å²) < 4.78 is 26.9. The highest BCUT2D eigenvalue weighted by Gasteiger charge is 2.29. The molecule has 1 N–H and O–H groups in total. The third-order valence-corrected chi connectivity index (χ3v) is 6.73. The molecular weight excluding hydrogens is 312 g/mol. The molecule has 1 aliphatic carbocycles. The van der Waals surface area contributed by atoms with Crippen LogP contribution in [0.3, 0.4) is 0 Å². The maximum atomic E-state index is 12.7. The van der Waals surface area contributed by atoms with Gasteiger partial charge in [0, 0.05) is 24.7 Å². The second kappa shape index (κ2) is 6.61. The van der Waals surface area contributed by atoms with Crippen LogP contribution in [0.4, 0.5) is 5.69 Å². The molecule has 1 saturated heterocycles. The van der Waals surface area contributed by atoms with Crippen LogP contribution in [0.5, 0.6) is 0 Å². The van der Waals surface area contributed by atoms with E-state index in [4.69, 9.17) is 0 Å². The summed E-state index contributed by atoms with van der Waals surface area (Å²) in [5, 5.41) is 2.86. The number of amides is 1. The third kappa shape index (κ3) is 3.58. The first-order chi connectivity index (χ1) is 11.0. The molecule has 1 saturated carbocycles. The summed E-state index contributed by atoms with van der Waals surface area (Å²) >= 11 is 0. The van der Waals surface area contributed by atoms with E-state index in [2.05, 4.69) is 12.2 Å². The molecule has 1 aromatic carbocycles. The minimum atomic E-state index is -3.43. The van der Waals surface area contributed by atoms with Gasteiger partial charge in [-0.15, -0.1) is 0 Å². The van der Waals surface area contributed by atoms with Crippen LogP contribution in [0.2, 0.25) is 0 Å². The summed E-state index contributed by atoms with van der Waals surface area (Å²) in [5.41, 5.74) is 0.660. The molecule has 1 aromatic rings. The first-order valence-corrected chi connectivity index (χ1v) is 9.82. The molecule has 5 nitrogen and oxygen atoms in total. The summed E-state index contributed by atoms with van der Waals surface area (Å²) in [6.45, 7) is 3.26. The van der Waals surface area contributed by atoms with Crippen molar-refractivity contribution in [1.82, 2.24) is 4.31 Å². The van der Waals surface area contributed by atoms with Crippen molar-refractivity contribution in [2.24, 2.45) is 11.8 Å². The standard InChI is InChI=1S/C17H24N2O3S/c1-13-4-3-11-19(12-13)23(21,22)16-9-7-15(8-10-16)18-17(20)14-5-2-6-14/h7-10,13-14H,2-6,11-12H2,1H3,(H,18,20)/t13-/m0/s1. The summed E-state index contributed by atoms with van der Waals surface area (Å²) in [4.78, 5) is 12.2. The van der Waals surface area contributed by atoms with Crippen molar-refractivity contribution in [3.05, 3.63) is 24.3 Å². The van der Waals surface area contributed by atoms with Crippen molar-refractivity contribution in [1.29, 1.82) is 0 Å². The number of carbonyl (C=O) groups is 1. The molecule has 126 valence electrons. The fraction of sp³-hybridized carbons (Fsp3) is 0.588. The van der Waals surface area contributed by atoms with E-state index in [1.807, 2.05) is 0 Å². The van der Waals surface area contributed by atoms with Gasteiger partial charge in [0.1, 0.15) is 0 Å². The van der Waals surface area contributed by atoms with E-state index in [9.17, 15) is 13.2 Å². The predicted octanol–water partition coefficient (Wildman–Crippen LogP) is 2.85. The lowest BCUT2D eigenvalue weighted by molar-refractivity contribution is -0.122. The van der Waals surface area contributed by atoms with E-state index >= 15 is 0 Å². The van der Waals surface area contributed by atoms with Crippen molar-refractivity contribution >= 4 is 21.6 Å². The average Bonchev–Trinajstić information content (AvgIpc) is 2.46. The number of carbonyl (C=O) groups excluding carboxylic acids is 1. The highest BCUT2D eigenvalue weighted by molar-refractivity contribution is 7.89. The predicted molar refractivity (Wildman–Crippen MR) is 89.6 cm³/mol. The minimum Gasteiger partial charge on any atom is -0.326 e. The summed E-state index contributed by atoms with van der Waals surface area (Å²) in [6, 6.07) is 6.53. The number of piperidine rings is 1. The SMILES string of the molecule is C[C@H]1CCCN(S(=O)(=O)c2ccc(NC(=O)C3CCC3)cc2)C1. The Labute approximate surface area is 138 Å². The Morgan fingerprint density at radius 1 is 1.13 bits per heavy atom. The van der Waals surface area contributed by atoms with Crippen LogP contribution in [0.15, 0.2) is 29.2 Å². The fourth-order valence-corrected chi connectivity index (χ4v) is 4.74. The monoisotopic (exact) mass is 336 g/mol. The van der Waals surface area contributed by atoms with Crippen LogP contribution in [0.1, 0.15) is 39.0 Å². The quantitative estimate of drug-likeness (QED) is 0.919. The maximum Gasteiger partial charge on any atom is 0.243 e. The molecule has 2 fully saturated rings. The van der Waals surface area contributed by atoms with E-state index < -0.39 is 10.0 Å². The van der Waals surface area contributed by atoms with Gasteiger partial charge in [-0.1, -0.05) is 13.3 Å². The number of nitrogens with zero attached hydrogens (tertiary/aromatic N) is 1. The highest BCUT2D eigenvalue weighted by Crippen LogP contribution is 2.28. The van der Waals surface area contributed by atoms with E-state index in [0.717, 1.165) is 32.1 Å². The number of sulfonamides is 1. The molecule has 0 unspecified atom stereocenters. The van der Waals surface area contributed by atoms with Crippen molar-refractivity contribution in [3.8, 4) is 0 Å². The number of benzene rings is 1. The first kappa shape index (κ1) is 16.5. The minimum absolute atomic E-state index is 0.0386. The number of hydrogen-bond acceptors (Lipinski definition) is 3. The fourth-order valence-electron chi connectivity index (χ4n) is 3.14. The molecule has 0 spiro atoms. The van der Waals surface area contributed by atoms with Crippen LogP contribution in [-0.4, -0.2) is 31.7 Å². The average molecular weight is 336 g/mol. The summed E-state index contributed by atoms with van der Waals surface area (Å²) in [6.07, 6.45) is 5.01. The van der Waals surface area contributed by atoms with Crippen molar-refractivity contribution in [2.75, 3.05) is 18.4 Å². The Balaban J connectivity index is 1.69. The first-order valence-electron chi connectivity index (χ1n) is 8.38. The second-order valence-corrected chi connectivity index (χ2v) is 8.69. The van der Waals surface area contributed by atoms with Crippen LogP contribution in [0.25, 0.3) is 0 Å². The van der Waals surface area contributed by atoms with Crippen LogP contribution in [0, 0.1) is 11.8 Å². The Morgan fingerprint density at radius 2 is 1.83 bits per heavy atom. The molecular formula is C17H24N2O3S. The topological polar surface area (TPSA) is 66.5 Å². The molecule has 1 amide bonds. The zero-order valence-electron chi connectivity index (χ0n) is 13.5. The smallest absolute Gasteiger partial charge is 0.243 e. The Morgan fingerprint density at radius 3 is 2.39 bits per heavy atom. The van der Waals surface area contributed by atoms with Gasteiger partial charge in [0.05, 0.1) is 4.90 Å². The van der Waals surface area contributed by atoms with Gasteiger partial charge < -0.3 is 5.32 Å². The third-order valence-electron chi connectivity index (χ3n) is 4.86. The van der Waals surface area contributed by atoms with Gasteiger partial charge in [0.15, 0.2) is 0 Å². The second-order valence-electron chi connectivity index (χ2n) is 6.75. The lowest BCUT2D eigenvalue weighted by Gasteiger charge is -2.30. The number of nitrogens with one attached hydrogen (secondary N) is 1. The molecule has 2 aliphatic rings. The zero-order chi connectivity index (χ0) is 16.4. The molecule has 1 aliphatic heterocycles. The molecule has 1 atom stereocenters. The molecule has 0 radical (unpaired) electrons. The Bertz CT molecular complexity index is 666.